The second kappa shape index (κ2) is 10.3. The number of fused-ring (bicyclic) bond motifs is 9. The van der Waals surface area contributed by atoms with Crippen LogP contribution in [0, 0.1) is 39.7 Å². The molecule has 2 amide bonds. The van der Waals surface area contributed by atoms with E-state index >= 15 is 0 Å². The van der Waals surface area contributed by atoms with Crippen molar-refractivity contribution in [1.82, 2.24) is 4.98 Å². The number of thiazole rings is 1. The molecule has 4 aromatic rings. The number of halogens is 1. The van der Waals surface area contributed by atoms with Crippen LogP contribution in [-0.2, 0) is 16.2 Å². The summed E-state index contributed by atoms with van der Waals surface area (Å²) in [5, 5.41) is 12.6. The fourth-order valence-electron chi connectivity index (χ4n) is 8.00. The minimum Gasteiger partial charge on any atom is -0.489 e. The highest BCUT2D eigenvalue weighted by molar-refractivity contribution is 8.00. The number of carbonyl (C=O) groups excluding carboxylic acids is 2. The summed E-state index contributed by atoms with van der Waals surface area (Å²) in [6.45, 7) is 0.317. The molecule has 7 atom stereocenters. The predicted octanol–water partition coefficient (Wildman–Crippen LogP) is 6.25. The number of nitro groups is 1. The molecule has 0 radical (unpaired) electrons. The number of non-ortho nitro benzene ring substituents is 1. The number of nitrogens with one attached hydrogen (secondary N) is 1. The zero-order valence-corrected chi connectivity index (χ0v) is 25.3. The monoisotopic (exact) mass is 645 g/mol. The second-order valence-electron chi connectivity index (χ2n) is 11.7. The number of aromatic amines is 1. The van der Waals surface area contributed by atoms with Crippen molar-refractivity contribution in [2.45, 2.75) is 29.2 Å². The van der Waals surface area contributed by atoms with E-state index in [0.29, 0.717) is 23.1 Å². The lowest BCUT2D eigenvalue weighted by Crippen LogP contribution is -2.42. The molecule has 3 aromatic carbocycles. The number of H-pyrrole nitrogens is 1. The Balaban J connectivity index is 1.17. The largest absolute Gasteiger partial charge is 0.489 e. The van der Waals surface area contributed by atoms with E-state index in [4.69, 9.17) is 16.3 Å². The number of para-hydroxylation sites is 1. The number of carbonyl (C=O) groups is 2. The number of rotatable bonds is 6. The standard InChI is InChI=1S/C32H24ClN3O6S2/c33-16-5-3-4-15(12-16)14-42-22-7-2-1-6-19(22)23-24-20-13-21(27(24)43-29-28(23)44-32(39)34-29)26-25(20)30(37)35(31(26)38)17-8-10-18(11-9-17)36(40)41/h1-12,20-21,23-27H,13-14H2,(H,34,39)/t20?,21?,23-,24?,25?,26?,27?/m1/s1. The van der Waals surface area contributed by atoms with Crippen LogP contribution in [-0.4, -0.2) is 27.0 Å². The van der Waals surface area contributed by atoms with E-state index in [1.807, 2.05) is 48.5 Å². The van der Waals surface area contributed by atoms with Gasteiger partial charge in [0, 0.05) is 38.8 Å². The summed E-state index contributed by atoms with van der Waals surface area (Å²) in [5.41, 5.74) is 2.14. The number of hydrogen-bond acceptors (Lipinski definition) is 8. The van der Waals surface area contributed by atoms with Crippen molar-refractivity contribution in [3.63, 3.8) is 0 Å². The summed E-state index contributed by atoms with van der Waals surface area (Å²) in [6.07, 6.45) is 0.754. The van der Waals surface area contributed by atoms with Crippen LogP contribution in [0.2, 0.25) is 5.02 Å². The molecular formula is C32H24ClN3O6S2. The van der Waals surface area contributed by atoms with Gasteiger partial charge in [-0.25, -0.2) is 0 Å². The lowest BCUT2D eigenvalue weighted by atomic mass is 9.68. The molecule has 6 unspecified atom stereocenters. The Kier molecular flexibility index (Phi) is 6.48. The van der Waals surface area contributed by atoms with Crippen LogP contribution < -0.4 is 14.5 Å². The van der Waals surface area contributed by atoms with Crippen molar-refractivity contribution in [2.75, 3.05) is 4.90 Å². The first-order valence-corrected chi connectivity index (χ1v) is 16.4. The third-order valence-corrected chi connectivity index (χ3v) is 12.4. The topological polar surface area (TPSA) is 123 Å². The van der Waals surface area contributed by atoms with E-state index in [1.165, 1.54) is 40.5 Å². The van der Waals surface area contributed by atoms with E-state index in [2.05, 4.69) is 4.98 Å². The number of imide groups is 1. The molecule has 2 aliphatic heterocycles. The van der Waals surface area contributed by atoms with Gasteiger partial charge in [-0.2, -0.15) is 0 Å². The molecule has 3 heterocycles. The number of thioether (sulfide) groups is 1. The molecule has 8 rings (SSSR count). The normalized spacial score (nSPS) is 28.1. The fourth-order valence-corrected chi connectivity index (χ4v) is 11.1. The first-order chi connectivity index (χ1) is 21.3. The minimum atomic E-state index is -0.506. The van der Waals surface area contributed by atoms with Crippen LogP contribution >= 0.6 is 34.7 Å². The van der Waals surface area contributed by atoms with Crippen molar-refractivity contribution in [3.8, 4) is 5.75 Å². The first-order valence-electron chi connectivity index (χ1n) is 14.3. The van der Waals surface area contributed by atoms with Gasteiger partial charge in [0.2, 0.25) is 11.8 Å². The van der Waals surface area contributed by atoms with E-state index in [9.17, 15) is 24.5 Å². The molecule has 1 saturated heterocycles. The van der Waals surface area contributed by atoms with Crippen molar-refractivity contribution in [3.05, 3.63) is 114 Å². The number of benzene rings is 3. The molecule has 9 nitrogen and oxygen atoms in total. The third-order valence-electron chi connectivity index (χ3n) is 9.58. The molecule has 2 bridgehead atoms. The Morgan fingerprint density at radius 2 is 1.73 bits per heavy atom. The molecule has 222 valence electrons. The van der Waals surface area contributed by atoms with Crippen LogP contribution in [0.4, 0.5) is 11.4 Å². The van der Waals surface area contributed by atoms with E-state index in [0.717, 1.165) is 27.5 Å². The molecule has 3 fully saturated rings. The highest BCUT2D eigenvalue weighted by Crippen LogP contribution is 2.69. The Morgan fingerprint density at radius 1 is 0.977 bits per heavy atom. The lowest BCUT2D eigenvalue weighted by molar-refractivity contribution is -0.384. The highest BCUT2D eigenvalue weighted by Gasteiger charge is 2.69. The number of anilines is 1. The van der Waals surface area contributed by atoms with Crippen LogP contribution in [0.25, 0.3) is 0 Å². The maximum absolute atomic E-state index is 14.0. The average molecular weight is 646 g/mol. The fraction of sp³-hybridized carbons (Fsp3) is 0.281. The predicted molar refractivity (Wildman–Crippen MR) is 166 cm³/mol. The Labute approximate surface area is 264 Å². The highest BCUT2D eigenvalue weighted by atomic mass is 35.5. The lowest BCUT2D eigenvalue weighted by Gasteiger charge is -2.43. The van der Waals surface area contributed by atoms with Crippen LogP contribution in [0.3, 0.4) is 0 Å². The number of hydrogen-bond donors (Lipinski definition) is 1. The van der Waals surface area contributed by atoms with Gasteiger partial charge in [0.1, 0.15) is 12.4 Å². The van der Waals surface area contributed by atoms with Crippen LogP contribution in [0.15, 0.2) is 82.6 Å². The zero-order chi connectivity index (χ0) is 30.3. The van der Waals surface area contributed by atoms with Crippen molar-refractivity contribution in [1.29, 1.82) is 0 Å². The number of nitro benzene ring substituents is 1. The first kappa shape index (κ1) is 27.6. The van der Waals surface area contributed by atoms with Crippen molar-refractivity contribution < 1.29 is 19.2 Å². The minimum absolute atomic E-state index is 0.00896. The Morgan fingerprint density at radius 3 is 2.48 bits per heavy atom. The van der Waals surface area contributed by atoms with E-state index in [1.54, 1.807) is 11.8 Å². The molecule has 2 saturated carbocycles. The molecule has 4 aliphatic rings. The summed E-state index contributed by atoms with van der Waals surface area (Å²) in [5.74, 6) is -1.03. The molecule has 12 heteroatoms. The molecular weight excluding hydrogens is 622 g/mol. The van der Waals surface area contributed by atoms with E-state index < -0.39 is 16.8 Å². The second-order valence-corrected chi connectivity index (χ2v) is 14.3. The number of aromatic nitrogens is 1. The summed E-state index contributed by atoms with van der Waals surface area (Å²) < 4.78 is 6.38. The molecule has 44 heavy (non-hydrogen) atoms. The van der Waals surface area contributed by atoms with Crippen LogP contribution in [0.1, 0.15) is 28.3 Å². The number of nitrogens with zero attached hydrogens (tertiary/aromatic N) is 2. The summed E-state index contributed by atoms with van der Waals surface area (Å²) in [7, 11) is 0. The van der Waals surface area contributed by atoms with Crippen molar-refractivity contribution in [2.24, 2.45) is 29.6 Å². The van der Waals surface area contributed by atoms with Crippen molar-refractivity contribution >= 4 is 57.9 Å². The van der Waals surface area contributed by atoms with Gasteiger partial charge in [-0.3, -0.25) is 29.4 Å². The van der Waals surface area contributed by atoms with Gasteiger partial charge in [0.05, 0.1) is 27.5 Å². The SMILES string of the molecule is O=C1C2C3CC(C2C(=O)N1c1ccc([N+](=O)[O-])cc1)C1C3Sc2[nH]c(=O)sc2[C@@H]1c1ccccc1OCc1cccc(Cl)c1. The molecule has 2 aliphatic carbocycles. The quantitative estimate of drug-likeness (QED) is 0.149. The Hall–Kier alpha value is -3.93. The Bertz CT molecular complexity index is 1910. The average Bonchev–Trinajstić information content (AvgIpc) is 3.75. The van der Waals surface area contributed by atoms with Gasteiger partial charge in [-0.1, -0.05) is 53.3 Å². The van der Waals surface area contributed by atoms with Crippen LogP contribution in [0.5, 0.6) is 5.75 Å². The number of amides is 2. The smallest absolute Gasteiger partial charge is 0.305 e. The molecule has 1 N–H and O–H groups in total. The number of ether oxygens (including phenoxy) is 1. The zero-order valence-electron chi connectivity index (χ0n) is 22.9. The van der Waals surface area contributed by atoms with Gasteiger partial charge in [0.15, 0.2) is 0 Å². The van der Waals surface area contributed by atoms with Gasteiger partial charge in [-0.15, -0.1) is 11.8 Å². The van der Waals surface area contributed by atoms with E-state index in [-0.39, 0.29) is 51.3 Å². The third kappa shape index (κ3) is 4.17. The summed E-state index contributed by atoms with van der Waals surface area (Å²) >= 11 is 9.02. The molecule has 0 spiro atoms. The maximum Gasteiger partial charge on any atom is 0.305 e. The van der Waals surface area contributed by atoms with Gasteiger partial charge in [0.25, 0.3) is 5.69 Å². The van der Waals surface area contributed by atoms with Gasteiger partial charge < -0.3 is 9.72 Å². The summed E-state index contributed by atoms with van der Waals surface area (Å²) in [6, 6.07) is 20.9. The summed E-state index contributed by atoms with van der Waals surface area (Å²) in [4.78, 5) is 56.3. The molecule has 1 aromatic heterocycles. The van der Waals surface area contributed by atoms with Gasteiger partial charge in [-0.05, 0) is 60.1 Å². The van der Waals surface area contributed by atoms with Gasteiger partial charge >= 0.3 is 4.87 Å². The maximum atomic E-state index is 14.0.